The summed E-state index contributed by atoms with van der Waals surface area (Å²) in [6.07, 6.45) is 4.57. The van der Waals surface area contributed by atoms with Gasteiger partial charge in [0, 0.05) is 24.5 Å². The minimum atomic E-state index is 0.405. The maximum absolute atomic E-state index is 4.50. The standard InChI is InChI=1S/C12H22N4S/c1-3-4-10-15-11(17-16-10)14-9-12(2)5-7-13-8-6-12/h13H,3-9H2,1-2H3,(H,14,15,16). The highest BCUT2D eigenvalue weighted by molar-refractivity contribution is 7.09. The van der Waals surface area contributed by atoms with Gasteiger partial charge in [0.15, 0.2) is 0 Å². The van der Waals surface area contributed by atoms with Crippen LogP contribution in [0.3, 0.4) is 0 Å². The summed E-state index contributed by atoms with van der Waals surface area (Å²) < 4.78 is 4.35. The first-order chi connectivity index (χ1) is 8.22. The number of nitrogens with zero attached hydrogens (tertiary/aromatic N) is 2. The number of nitrogens with one attached hydrogen (secondary N) is 2. The quantitative estimate of drug-likeness (QED) is 0.846. The fourth-order valence-corrected chi connectivity index (χ4v) is 2.75. The monoisotopic (exact) mass is 254 g/mol. The van der Waals surface area contributed by atoms with E-state index in [-0.39, 0.29) is 0 Å². The third kappa shape index (κ3) is 3.64. The molecule has 0 aliphatic carbocycles. The van der Waals surface area contributed by atoms with Crippen LogP contribution in [0.5, 0.6) is 0 Å². The Hall–Kier alpha value is -0.680. The summed E-state index contributed by atoms with van der Waals surface area (Å²) in [6.45, 7) is 7.79. The van der Waals surface area contributed by atoms with Crippen LogP contribution in [0.1, 0.15) is 38.9 Å². The van der Waals surface area contributed by atoms with Crippen molar-refractivity contribution >= 4 is 16.7 Å². The molecule has 1 aliphatic rings. The molecule has 2 N–H and O–H groups in total. The van der Waals surface area contributed by atoms with Crippen molar-refractivity contribution in [2.75, 3.05) is 25.0 Å². The average Bonchev–Trinajstić information content (AvgIpc) is 2.76. The van der Waals surface area contributed by atoms with Crippen LogP contribution in [-0.4, -0.2) is 29.0 Å². The van der Waals surface area contributed by atoms with Crippen molar-refractivity contribution in [2.24, 2.45) is 5.41 Å². The van der Waals surface area contributed by atoms with Gasteiger partial charge in [0.1, 0.15) is 5.82 Å². The molecule has 1 aromatic rings. The topological polar surface area (TPSA) is 49.8 Å². The van der Waals surface area contributed by atoms with Gasteiger partial charge in [0.25, 0.3) is 0 Å². The molecule has 1 aromatic heterocycles. The molecular formula is C12H22N4S. The second kappa shape index (κ2) is 5.78. The first-order valence-electron chi connectivity index (χ1n) is 6.49. The molecule has 2 rings (SSSR count). The maximum atomic E-state index is 4.50. The Morgan fingerprint density at radius 3 is 2.88 bits per heavy atom. The van der Waals surface area contributed by atoms with E-state index in [0.717, 1.165) is 43.4 Å². The molecule has 4 nitrogen and oxygen atoms in total. The van der Waals surface area contributed by atoms with Crippen molar-refractivity contribution in [3.8, 4) is 0 Å². The van der Waals surface area contributed by atoms with Crippen LogP contribution in [0.2, 0.25) is 0 Å². The lowest BCUT2D eigenvalue weighted by atomic mass is 9.81. The lowest BCUT2D eigenvalue weighted by molar-refractivity contribution is 0.247. The predicted molar refractivity (Wildman–Crippen MR) is 72.6 cm³/mol. The summed E-state index contributed by atoms with van der Waals surface area (Å²) >= 11 is 1.49. The van der Waals surface area contributed by atoms with Crippen LogP contribution in [0.4, 0.5) is 5.13 Å². The normalized spacial score (nSPS) is 19.2. The van der Waals surface area contributed by atoms with Crippen LogP contribution in [0.25, 0.3) is 0 Å². The van der Waals surface area contributed by atoms with Crippen LogP contribution in [0, 0.1) is 5.41 Å². The number of hydrogen-bond donors (Lipinski definition) is 2. The van der Waals surface area contributed by atoms with Gasteiger partial charge in [-0.15, -0.1) is 0 Å². The van der Waals surface area contributed by atoms with Gasteiger partial charge in [-0.1, -0.05) is 13.8 Å². The van der Waals surface area contributed by atoms with Crippen molar-refractivity contribution in [1.29, 1.82) is 0 Å². The molecule has 2 heterocycles. The SMILES string of the molecule is CCCc1nsc(NCC2(C)CCNCC2)n1. The molecule has 0 aromatic carbocycles. The van der Waals surface area contributed by atoms with E-state index in [9.17, 15) is 0 Å². The Bertz CT molecular complexity index is 344. The highest BCUT2D eigenvalue weighted by Crippen LogP contribution is 2.28. The number of rotatable bonds is 5. The molecule has 96 valence electrons. The molecule has 1 fully saturated rings. The van der Waals surface area contributed by atoms with Gasteiger partial charge >= 0.3 is 0 Å². The predicted octanol–water partition coefficient (Wildman–Crippen LogP) is 2.29. The Morgan fingerprint density at radius 2 is 2.18 bits per heavy atom. The molecule has 0 atom stereocenters. The average molecular weight is 254 g/mol. The van der Waals surface area contributed by atoms with E-state index in [1.165, 1.54) is 24.4 Å². The molecule has 0 unspecified atom stereocenters. The number of aromatic nitrogens is 2. The van der Waals surface area contributed by atoms with Crippen molar-refractivity contribution in [2.45, 2.75) is 39.5 Å². The minimum absolute atomic E-state index is 0.405. The van der Waals surface area contributed by atoms with E-state index in [1.807, 2.05) is 0 Å². The van der Waals surface area contributed by atoms with Crippen molar-refractivity contribution in [1.82, 2.24) is 14.7 Å². The minimum Gasteiger partial charge on any atom is -0.360 e. The van der Waals surface area contributed by atoms with Gasteiger partial charge in [0.2, 0.25) is 5.13 Å². The molecule has 1 saturated heterocycles. The van der Waals surface area contributed by atoms with Crippen LogP contribution >= 0.6 is 11.5 Å². The molecule has 0 bridgehead atoms. The van der Waals surface area contributed by atoms with Crippen molar-refractivity contribution in [3.63, 3.8) is 0 Å². The van der Waals surface area contributed by atoms with E-state index < -0.39 is 0 Å². The number of piperidine rings is 1. The summed E-state index contributed by atoms with van der Waals surface area (Å²) in [7, 11) is 0. The number of hydrogen-bond acceptors (Lipinski definition) is 5. The first-order valence-corrected chi connectivity index (χ1v) is 7.26. The first kappa shape index (κ1) is 12.8. The second-order valence-corrected chi connectivity index (χ2v) is 5.93. The molecule has 5 heteroatoms. The summed E-state index contributed by atoms with van der Waals surface area (Å²) in [6, 6.07) is 0. The lowest BCUT2D eigenvalue weighted by Gasteiger charge is -2.33. The Morgan fingerprint density at radius 1 is 1.41 bits per heavy atom. The van der Waals surface area contributed by atoms with E-state index in [2.05, 4.69) is 33.8 Å². The fraction of sp³-hybridized carbons (Fsp3) is 0.833. The molecular weight excluding hydrogens is 232 g/mol. The molecule has 0 radical (unpaired) electrons. The van der Waals surface area contributed by atoms with Gasteiger partial charge in [-0.2, -0.15) is 4.37 Å². The summed E-state index contributed by atoms with van der Waals surface area (Å²) in [5, 5.41) is 7.84. The smallest absolute Gasteiger partial charge is 0.202 e. The van der Waals surface area contributed by atoms with E-state index >= 15 is 0 Å². The fourth-order valence-electron chi connectivity index (χ4n) is 2.15. The van der Waals surface area contributed by atoms with Crippen LogP contribution in [0.15, 0.2) is 0 Å². The van der Waals surface area contributed by atoms with Crippen LogP contribution in [-0.2, 0) is 6.42 Å². The van der Waals surface area contributed by atoms with Gasteiger partial charge in [0.05, 0.1) is 0 Å². The molecule has 0 amide bonds. The van der Waals surface area contributed by atoms with Crippen LogP contribution < -0.4 is 10.6 Å². The Labute approximate surface area is 107 Å². The molecule has 17 heavy (non-hydrogen) atoms. The lowest BCUT2D eigenvalue weighted by Crippen LogP contribution is -2.39. The zero-order valence-electron chi connectivity index (χ0n) is 10.8. The molecule has 0 spiro atoms. The van der Waals surface area contributed by atoms with Gasteiger partial charge < -0.3 is 10.6 Å². The molecule has 0 saturated carbocycles. The van der Waals surface area contributed by atoms with Gasteiger partial charge in [-0.3, -0.25) is 0 Å². The largest absolute Gasteiger partial charge is 0.360 e. The summed E-state index contributed by atoms with van der Waals surface area (Å²) in [5.74, 6) is 0.982. The van der Waals surface area contributed by atoms with E-state index in [4.69, 9.17) is 0 Å². The second-order valence-electron chi connectivity index (χ2n) is 5.18. The van der Waals surface area contributed by atoms with Gasteiger partial charge in [-0.25, -0.2) is 4.98 Å². The Kier molecular flexibility index (Phi) is 4.34. The zero-order chi connectivity index (χ0) is 12.1. The third-order valence-electron chi connectivity index (χ3n) is 3.42. The van der Waals surface area contributed by atoms with Crippen molar-refractivity contribution < 1.29 is 0 Å². The third-order valence-corrected chi connectivity index (χ3v) is 4.13. The van der Waals surface area contributed by atoms with Gasteiger partial charge in [-0.05, 0) is 37.8 Å². The number of anilines is 1. The highest BCUT2D eigenvalue weighted by atomic mass is 32.1. The molecule has 1 aliphatic heterocycles. The van der Waals surface area contributed by atoms with Crippen molar-refractivity contribution in [3.05, 3.63) is 5.82 Å². The summed E-state index contributed by atoms with van der Waals surface area (Å²) in [5.41, 5.74) is 0.405. The summed E-state index contributed by atoms with van der Waals surface area (Å²) in [4.78, 5) is 4.50. The van der Waals surface area contributed by atoms with E-state index in [0.29, 0.717) is 5.41 Å². The Balaban J connectivity index is 1.83. The highest BCUT2D eigenvalue weighted by Gasteiger charge is 2.26. The maximum Gasteiger partial charge on any atom is 0.202 e. The number of aryl methyl sites for hydroxylation is 1. The van der Waals surface area contributed by atoms with E-state index in [1.54, 1.807) is 0 Å². The zero-order valence-corrected chi connectivity index (χ0v) is 11.6.